The lowest BCUT2D eigenvalue weighted by molar-refractivity contribution is 0.194. The van der Waals surface area contributed by atoms with Gasteiger partial charge in [0, 0.05) is 51.1 Å². The Labute approximate surface area is 173 Å². The van der Waals surface area contributed by atoms with E-state index in [0.717, 1.165) is 26.4 Å². The number of hydrogen-bond acceptors (Lipinski definition) is 4. The fourth-order valence-electron chi connectivity index (χ4n) is 5.03. The molecular formula is C22H36O4P2. The molecule has 28 heavy (non-hydrogen) atoms. The van der Waals surface area contributed by atoms with Gasteiger partial charge in [0.05, 0.1) is 26.4 Å². The highest BCUT2D eigenvalue weighted by Gasteiger charge is 2.42. The molecule has 4 nitrogen and oxygen atoms in total. The summed E-state index contributed by atoms with van der Waals surface area (Å²) in [4.78, 5) is 0. The number of hydrogen-bond donors (Lipinski definition) is 0. The summed E-state index contributed by atoms with van der Waals surface area (Å²) in [6, 6.07) is 9.28. The van der Waals surface area contributed by atoms with Gasteiger partial charge in [0.15, 0.2) is 0 Å². The highest BCUT2D eigenvalue weighted by molar-refractivity contribution is 7.73. The van der Waals surface area contributed by atoms with Crippen molar-refractivity contribution in [2.24, 2.45) is 0 Å². The fraction of sp³-hybridized carbons (Fsp3) is 0.727. The van der Waals surface area contributed by atoms with Crippen LogP contribution in [0, 0.1) is 0 Å². The molecule has 0 amide bonds. The molecule has 0 bridgehead atoms. The van der Waals surface area contributed by atoms with Gasteiger partial charge in [0.1, 0.15) is 0 Å². The fourth-order valence-corrected chi connectivity index (χ4v) is 12.6. The van der Waals surface area contributed by atoms with Crippen LogP contribution in [-0.4, -0.2) is 77.5 Å². The van der Waals surface area contributed by atoms with Gasteiger partial charge in [-0.05, 0) is 36.3 Å². The minimum absolute atomic E-state index is 0.288. The maximum absolute atomic E-state index is 5.63. The topological polar surface area (TPSA) is 36.9 Å². The molecule has 6 heteroatoms. The Balaban J connectivity index is 1.98. The van der Waals surface area contributed by atoms with Crippen LogP contribution in [0.3, 0.4) is 0 Å². The van der Waals surface area contributed by atoms with Crippen molar-refractivity contribution in [1.82, 2.24) is 0 Å². The number of rotatable bonds is 10. The van der Waals surface area contributed by atoms with Crippen molar-refractivity contribution in [3.8, 4) is 0 Å². The highest BCUT2D eigenvalue weighted by Crippen LogP contribution is 2.59. The van der Waals surface area contributed by atoms with Crippen LogP contribution >= 0.6 is 15.8 Å². The molecule has 2 aliphatic rings. The van der Waals surface area contributed by atoms with E-state index in [1.165, 1.54) is 25.7 Å². The Morgan fingerprint density at radius 3 is 1.14 bits per heavy atom. The second kappa shape index (κ2) is 11.3. The van der Waals surface area contributed by atoms with Crippen molar-refractivity contribution in [2.75, 3.05) is 54.9 Å². The Bertz CT molecular complexity index is 521. The van der Waals surface area contributed by atoms with Gasteiger partial charge in [-0.1, -0.05) is 40.1 Å². The van der Waals surface area contributed by atoms with E-state index in [1.807, 2.05) is 28.4 Å². The van der Waals surface area contributed by atoms with Gasteiger partial charge < -0.3 is 18.9 Å². The second-order valence-electron chi connectivity index (χ2n) is 7.89. The largest absolute Gasteiger partial charge is 0.384 e. The molecule has 1 aromatic rings. The average molecular weight is 426 g/mol. The molecule has 0 spiro atoms. The summed E-state index contributed by atoms with van der Waals surface area (Å²) in [5.74, 6) is 0. The van der Waals surface area contributed by atoms with E-state index in [1.54, 1.807) is 10.6 Å². The minimum Gasteiger partial charge on any atom is -0.384 e. The van der Waals surface area contributed by atoms with Crippen molar-refractivity contribution < 1.29 is 18.9 Å². The van der Waals surface area contributed by atoms with Crippen LogP contribution < -0.4 is 10.6 Å². The van der Waals surface area contributed by atoms with Crippen LogP contribution in [0.5, 0.6) is 0 Å². The molecule has 0 saturated carbocycles. The SMILES string of the molecule is COC[C@H]1CC[C@H](COC)P1c1ccccc1P1[C@@H](COC)CC[C@@H]1COC. The maximum atomic E-state index is 5.63. The molecule has 158 valence electrons. The van der Waals surface area contributed by atoms with Crippen LogP contribution in [0.2, 0.25) is 0 Å². The zero-order valence-corrected chi connectivity index (χ0v) is 19.6. The van der Waals surface area contributed by atoms with Gasteiger partial charge >= 0.3 is 0 Å². The van der Waals surface area contributed by atoms with Gasteiger partial charge in [0.2, 0.25) is 0 Å². The summed E-state index contributed by atoms with van der Waals surface area (Å²) in [6.07, 6.45) is 5.01. The van der Waals surface area contributed by atoms with Gasteiger partial charge in [-0.25, -0.2) is 0 Å². The summed E-state index contributed by atoms with van der Waals surface area (Å²) < 4.78 is 22.5. The van der Waals surface area contributed by atoms with Crippen LogP contribution in [0.4, 0.5) is 0 Å². The first kappa shape index (κ1) is 22.6. The molecule has 1 aromatic carbocycles. The zero-order valence-electron chi connectivity index (χ0n) is 17.8. The number of benzene rings is 1. The minimum atomic E-state index is -0.288. The molecular weight excluding hydrogens is 390 g/mol. The van der Waals surface area contributed by atoms with Crippen molar-refractivity contribution in [1.29, 1.82) is 0 Å². The molecule has 2 heterocycles. The lowest BCUT2D eigenvalue weighted by atomic mass is 10.2. The van der Waals surface area contributed by atoms with E-state index in [0.29, 0.717) is 22.6 Å². The molecule has 3 rings (SSSR count). The van der Waals surface area contributed by atoms with Crippen molar-refractivity contribution in [3.05, 3.63) is 24.3 Å². The Hall–Kier alpha value is -0.0800. The summed E-state index contributed by atoms with van der Waals surface area (Å²) in [5, 5.41) is 3.21. The first-order valence-electron chi connectivity index (χ1n) is 10.4. The molecule has 0 unspecified atom stereocenters. The smallest absolute Gasteiger partial charge is 0.0532 e. The first-order valence-corrected chi connectivity index (χ1v) is 13.3. The molecule has 0 N–H and O–H groups in total. The summed E-state index contributed by atoms with van der Waals surface area (Å²) in [7, 11) is 6.79. The van der Waals surface area contributed by atoms with Crippen molar-refractivity contribution >= 4 is 26.5 Å². The van der Waals surface area contributed by atoms with E-state index in [4.69, 9.17) is 18.9 Å². The van der Waals surface area contributed by atoms with Crippen LogP contribution in [-0.2, 0) is 18.9 Å². The molecule has 0 aliphatic carbocycles. The van der Waals surface area contributed by atoms with Gasteiger partial charge in [-0.15, -0.1) is 0 Å². The van der Waals surface area contributed by atoms with Crippen LogP contribution in [0.1, 0.15) is 25.7 Å². The number of ether oxygens (including phenoxy) is 4. The third kappa shape index (κ3) is 4.97. The van der Waals surface area contributed by atoms with Gasteiger partial charge in [-0.2, -0.15) is 0 Å². The molecule has 0 aromatic heterocycles. The molecule has 2 saturated heterocycles. The lowest BCUT2D eigenvalue weighted by Gasteiger charge is -2.33. The third-order valence-corrected chi connectivity index (χ3v) is 13.0. The van der Waals surface area contributed by atoms with E-state index in [9.17, 15) is 0 Å². The van der Waals surface area contributed by atoms with E-state index in [-0.39, 0.29) is 15.8 Å². The van der Waals surface area contributed by atoms with Gasteiger partial charge in [0.25, 0.3) is 0 Å². The third-order valence-electron chi connectivity index (χ3n) is 6.11. The quantitative estimate of drug-likeness (QED) is 0.537. The first-order chi connectivity index (χ1) is 13.7. The average Bonchev–Trinajstić information content (AvgIpc) is 3.27. The van der Waals surface area contributed by atoms with Crippen molar-refractivity contribution in [3.63, 3.8) is 0 Å². The number of methoxy groups -OCH3 is 4. The zero-order chi connectivity index (χ0) is 19.9. The molecule has 4 atom stereocenters. The van der Waals surface area contributed by atoms with E-state index in [2.05, 4.69) is 24.3 Å². The Morgan fingerprint density at radius 2 is 0.893 bits per heavy atom. The second-order valence-corrected chi connectivity index (χ2v) is 13.4. The van der Waals surface area contributed by atoms with E-state index >= 15 is 0 Å². The molecule has 2 aliphatic heterocycles. The normalized spacial score (nSPS) is 29.0. The Kier molecular flexibility index (Phi) is 9.16. The summed E-state index contributed by atoms with van der Waals surface area (Å²) in [6.45, 7) is 3.45. The lowest BCUT2D eigenvalue weighted by Crippen LogP contribution is -2.33. The highest BCUT2D eigenvalue weighted by atomic mass is 31.1. The monoisotopic (exact) mass is 426 g/mol. The molecule has 0 radical (unpaired) electrons. The Morgan fingerprint density at radius 1 is 0.607 bits per heavy atom. The van der Waals surface area contributed by atoms with Crippen molar-refractivity contribution in [2.45, 2.75) is 48.3 Å². The van der Waals surface area contributed by atoms with Crippen LogP contribution in [0.15, 0.2) is 24.3 Å². The summed E-state index contributed by atoms with van der Waals surface area (Å²) in [5.41, 5.74) is 2.56. The van der Waals surface area contributed by atoms with Gasteiger partial charge in [-0.3, -0.25) is 0 Å². The molecule has 2 fully saturated rings. The predicted molar refractivity (Wildman–Crippen MR) is 121 cm³/mol. The van der Waals surface area contributed by atoms with E-state index < -0.39 is 0 Å². The standard InChI is InChI=1S/C22H36O4P2/c1-23-13-17-9-10-18(14-24-2)27(17)21-7-5-6-8-22(21)28-19(15-25-3)11-12-20(28)16-26-4/h5-8,17-20H,9-16H2,1-4H3/t17-,18-,19-,20-/m1/s1. The summed E-state index contributed by atoms with van der Waals surface area (Å²) >= 11 is 0. The maximum Gasteiger partial charge on any atom is 0.0532 e. The van der Waals surface area contributed by atoms with Crippen LogP contribution in [0.25, 0.3) is 0 Å². The predicted octanol–water partition coefficient (Wildman–Crippen LogP) is 3.55.